The summed E-state index contributed by atoms with van der Waals surface area (Å²) in [7, 11) is 0. The molecule has 4 heterocycles. The third kappa shape index (κ3) is 4.69. The van der Waals surface area contributed by atoms with Gasteiger partial charge in [0.25, 0.3) is 11.8 Å². The van der Waals surface area contributed by atoms with E-state index in [0.29, 0.717) is 18.4 Å². The zero-order valence-electron chi connectivity index (χ0n) is 18.8. The molecule has 9 heteroatoms. The zero-order chi connectivity index (χ0) is 23.5. The molecule has 0 bridgehead atoms. The summed E-state index contributed by atoms with van der Waals surface area (Å²) in [4.78, 5) is 31.5. The fourth-order valence-corrected chi connectivity index (χ4v) is 4.81. The maximum absolute atomic E-state index is 14.6. The van der Waals surface area contributed by atoms with Crippen molar-refractivity contribution in [3.05, 3.63) is 70.8 Å². The van der Waals surface area contributed by atoms with Crippen molar-refractivity contribution >= 4 is 17.6 Å². The first-order valence-electron chi connectivity index (χ1n) is 11.8. The van der Waals surface area contributed by atoms with E-state index in [0.717, 1.165) is 56.0 Å². The number of amides is 2. The summed E-state index contributed by atoms with van der Waals surface area (Å²) in [6.07, 6.45) is 5.31. The van der Waals surface area contributed by atoms with Gasteiger partial charge in [-0.2, -0.15) is 5.11 Å². The van der Waals surface area contributed by atoms with Gasteiger partial charge in [-0.3, -0.25) is 9.59 Å². The molecule has 0 spiro atoms. The Bertz CT molecular complexity index is 1140. The summed E-state index contributed by atoms with van der Waals surface area (Å²) in [5.74, 6) is -0.319. The predicted octanol–water partition coefficient (Wildman–Crippen LogP) is 3.16. The molecule has 3 aliphatic rings. The average molecular weight is 463 g/mol. The average Bonchev–Trinajstić information content (AvgIpc) is 2.88. The Hall–Kier alpha value is -3.62. The summed E-state index contributed by atoms with van der Waals surface area (Å²) < 4.78 is 14.6. The highest BCUT2D eigenvalue weighted by atomic mass is 19.1. The van der Waals surface area contributed by atoms with Crippen LogP contribution in [0.2, 0.25) is 0 Å². The van der Waals surface area contributed by atoms with Gasteiger partial charge < -0.3 is 15.5 Å². The summed E-state index contributed by atoms with van der Waals surface area (Å²) in [6.45, 7) is 2.34. The van der Waals surface area contributed by atoms with E-state index in [1.807, 2.05) is 18.2 Å². The van der Waals surface area contributed by atoms with Crippen molar-refractivity contribution in [3.63, 3.8) is 0 Å². The topological polar surface area (TPSA) is 99.0 Å². The van der Waals surface area contributed by atoms with Crippen LogP contribution in [0.1, 0.15) is 41.6 Å². The first-order chi connectivity index (χ1) is 16.6. The lowest BCUT2D eigenvalue weighted by Crippen LogP contribution is -2.45. The number of azo groups is 1. The molecular formula is C25H27FN6O2. The molecule has 1 fully saturated rings. The number of aromatic nitrogens is 1. The lowest BCUT2D eigenvalue weighted by Gasteiger charge is -2.33. The molecule has 0 saturated carbocycles. The van der Waals surface area contributed by atoms with Crippen LogP contribution in [0.25, 0.3) is 0 Å². The van der Waals surface area contributed by atoms with Crippen LogP contribution in [0, 0.1) is 5.82 Å². The molecule has 1 saturated heterocycles. The summed E-state index contributed by atoms with van der Waals surface area (Å²) >= 11 is 0. The fourth-order valence-electron chi connectivity index (χ4n) is 4.81. The Kier molecular flexibility index (Phi) is 6.33. The van der Waals surface area contributed by atoms with E-state index >= 15 is 0 Å². The van der Waals surface area contributed by atoms with E-state index in [4.69, 9.17) is 0 Å². The molecule has 1 aromatic heterocycles. The predicted molar refractivity (Wildman–Crippen MR) is 125 cm³/mol. The third-order valence-electron chi connectivity index (χ3n) is 6.63. The van der Waals surface area contributed by atoms with Crippen molar-refractivity contribution < 1.29 is 14.0 Å². The Balaban J connectivity index is 1.23. The van der Waals surface area contributed by atoms with Crippen LogP contribution < -0.4 is 15.5 Å². The molecule has 0 radical (unpaired) electrons. The minimum atomic E-state index is -0.552. The molecule has 1 atom stereocenters. The van der Waals surface area contributed by atoms with Gasteiger partial charge in [-0.05, 0) is 55.5 Å². The van der Waals surface area contributed by atoms with Gasteiger partial charge in [-0.1, -0.05) is 12.1 Å². The number of benzene rings is 1. The highest BCUT2D eigenvalue weighted by Crippen LogP contribution is 2.27. The Morgan fingerprint density at radius 3 is 2.85 bits per heavy atom. The lowest BCUT2D eigenvalue weighted by atomic mass is 9.93. The molecule has 0 aliphatic carbocycles. The summed E-state index contributed by atoms with van der Waals surface area (Å²) in [5, 5.41) is 14.2. The van der Waals surface area contributed by atoms with Crippen LogP contribution in [-0.2, 0) is 11.2 Å². The van der Waals surface area contributed by atoms with E-state index in [-0.39, 0.29) is 23.6 Å². The van der Waals surface area contributed by atoms with E-state index < -0.39 is 11.7 Å². The molecule has 8 nitrogen and oxygen atoms in total. The zero-order valence-corrected chi connectivity index (χ0v) is 18.8. The minimum absolute atomic E-state index is 0.0205. The van der Waals surface area contributed by atoms with Gasteiger partial charge in [0.2, 0.25) is 0 Å². The van der Waals surface area contributed by atoms with Gasteiger partial charge in [0.15, 0.2) is 0 Å². The van der Waals surface area contributed by atoms with Gasteiger partial charge in [0.05, 0.1) is 5.56 Å². The number of carbonyl (C=O) groups excluding carboxylic acids is 2. The van der Waals surface area contributed by atoms with Crippen molar-refractivity contribution in [1.82, 2.24) is 15.6 Å². The fraction of sp³-hybridized carbons (Fsp3) is 0.400. The first kappa shape index (κ1) is 22.2. The molecule has 2 N–H and O–H groups in total. The smallest absolute Gasteiger partial charge is 0.292 e. The number of anilines is 1. The van der Waals surface area contributed by atoms with E-state index in [1.54, 1.807) is 18.3 Å². The molecule has 1 unspecified atom stereocenters. The summed E-state index contributed by atoms with van der Waals surface area (Å²) in [5.41, 5.74) is 2.29. The number of nitrogens with one attached hydrogen (secondary N) is 2. The van der Waals surface area contributed by atoms with Crippen LogP contribution >= 0.6 is 0 Å². The van der Waals surface area contributed by atoms with E-state index in [9.17, 15) is 14.0 Å². The number of rotatable bonds is 5. The van der Waals surface area contributed by atoms with Crippen LogP contribution in [0.5, 0.6) is 0 Å². The number of piperidine rings is 1. The second kappa shape index (κ2) is 9.70. The SMILES string of the molecule is O=C1N=NC(Cc2ccc(F)c(C(=O)NC3CCN(c4ccccn4)CC3)c2)C2=C1CCCN2. The van der Waals surface area contributed by atoms with E-state index in [1.165, 1.54) is 6.07 Å². The van der Waals surface area contributed by atoms with Gasteiger partial charge in [0.1, 0.15) is 17.7 Å². The maximum atomic E-state index is 14.6. The molecule has 176 valence electrons. The van der Waals surface area contributed by atoms with Gasteiger partial charge in [-0.25, -0.2) is 9.37 Å². The molecule has 34 heavy (non-hydrogen) atoms. The number of carbonyl (C=O) groups is 2. The molecule has 1 aromatic carbocycles. The maximum Gasteiger partial charge on any atom is 0.292 e. The second-order valence-corrected chi connectivity index (χ2v) is 8.90. The third-order valence-corrected chi connectivity index (χ3v) is 6.63. The Labute approximate surface area is 197 Å². The summed E-state index contributed by atoms with van der Waals surface area (Å²) in [6, 6.07) is 10.0. The number of halogens is 1. The van der Waals surface area contributed by atoms with Gasteiger partial charge >= 0.3 is 0 Å². The molecule has 3 aliphatic heterocycles. The van der Waals surface area contributed by atoms with Crippen molar-refractivity contribution in [2.45, 2.75) is 44.2 Å². The quantitative estimate of drug-likeness (QED) is 0.711. The van der Waals surface area contributed by atoms with Gasteiger partial charge in [-0.15, -0.1) is 5.11 Å². The number of hydrogen-bond acceptors (Lipinski definition) is 6. The normalized spacial score (nSPS) is 20.7. The van der Waals surface area contributed by atoms with Crippen molar-refractivity contribution in [2.24, 2.45) is 10.2 Å². The van der Waals surface area contributed by atoms with E-state index in [2.05, 4.69) is 30.7 Å². The van der Waals surface area contributed by atoms with Crippen molar-refractivity contribution in [1.29, 1.82) is 0 Å². The van der Waals surface area contributed by atoms with Gasteiger partial charge in [0, 0.05) is 49.6 Å². The van der Waals surface area contributed by atoms with Crippen LogP contribution in [0.15, 0.2) is 64.1 Å². The molecule has 5 rings (SSSR count). The molecule has 2 amide bonds. The van der Waals surface area contributed by atoms with Crippen LogP contribution in [-0.4, -0.2) is 48.5 Å². The lowest BCUT2D eigenvalue weighted by molar-refractivity contribution is -0.115. The van der Waals surface area contributed by atoms with Crippen LogP contribution in [0.3, 0.4) is 0 Å². The number of pyridine rings is 1. The number of nitrogens with zero attached hydrogens (tertiary/aromatic N) is 4. The van der Waals surface area contributed by atoms with Crippen molar-refractivity contribution in [2.75, 3.05) is 24.5 Å². The largest absolute Gasteiger partial charge is 0.386 e. The molecular weight excluding hydrogens is 435 g/mol. The Morgan fingerprint density at radius 1 is 1.21 bits per heavy atom. The standard InChI is InChI=1S/C25H27FN6O2/c26-20-7-6-16(15-21-23-18(4-3-11-28-23)25(34)31-30-21)14-19(20)24(33)29-17-8-12-32(13-9-17)22-5-1-2-10-27-22/h1-2,5-7,10,14,17,21,28H,3-4,8-9,11-13,15H2,(H,29,33). The second-order valence-electron chi connectivity index (χ2n) is 8.90. The monoisotopic (exact) mass is 462 g/mol. The highest BCUT2D eigenvalue weighted by molar-refractivity contribution is 5.96. The first-order valence-corrected chi connectivity index (χ1v) is 11.8. The number of hydrogen-bond donors (Lipinski definition) is 2. The Morgan fingerprint density at radius 2 is 2.06 bits per heavy atom. The van der Waals surface area contributed by atoms with Crippen LogP contribution in [0.4, 0.5) is 10.2 Å². The minimum Gasteiger partial charge on any atom is -0.386 e. The van der Waals surface area contributed by atoms with Crippen molar-refractivity contribution in [3.8, 4) is 0 Å². The molecule has 2 aromatic rings. The highest BCUT2D eigenvalue weighted by Gasteiger charge is 2.29.